The largest absolute Gasteiger partial charge is 0.492 e. The number of amides is 1. The van der Waals surface area contributed by atoms with Crippen molar-refractivity contribution in [2.45, 2.75) is 18.9 Å². The monoisotopic (exact) mass is 513 g/mol. The van der Waals surface area contributed by atoms with Gasteiger partial charge in [-0.05, 0) is 30.7 Å². The van der Waals surface area contributed by atoms with Gasteiger partial charge >= 0.3 is 0 Å². The van der Waals surface area contributed by atoms with Crippen molar-refractivity contribution in [2.24, 2.45) is 5.92 Å². The van der Waals surface area contributed by atoms with Crippen LogP contribution in [0, 0.1) is 11.7 Å². The molecule has 11 heteroatoms. The second kappa shape index (κ2) is 10.6. The van der Waals surface area contributed by atoms with Gasteiger partial charge in [-0.15, -0.1) is 0 Å². The van der Waals surface area contributed by atoms with Crippen LogP contribution in [0.1, 0.15) is 12.8 Å². The van der Waals surface area contributed by atoms with E-state index in [2.05, 4.69) is 26.8 Å². The first-order valence-corrected chi connectivity index (χ1v) is 12.0. The van der Waals surface area contributed by atoms with Crippen molar-refractivity contribution in [1.82, 2.24) is 19.9 Å². The molecule has 0 radical (unpaired) electrons. The number of nitrogens with zero attached hydrogens (tertiary/aromatic N) is 4. The molecule has 5 rings (SSSR count). The second-order valence-electron chi connectivity index (χ2n) is 8.66. The fraction of sp³-hybridized carbons (Fsp3) is 0.360. The predicted octanol–water partition coefficient (Wildman–Crippen LogP) is 4.14. The zero-order chi connectivity index (χ0) is 25.1. The van der Waals surface area contributed by atoms with Gasteiger partial charge in [0.1, 0.15) is 28.7 Å². The summed E-state index contributed by atoms with van der Waals surface area (Å²) in [4.78, 5) is 26.5. The van der Waals surface area contributed by atoms with Gasteiger partial charge < -0.3 is 24.4 Å². The summed E-state index contributed by atoms with van der Waals surface area (Å²) in [6.07, 6.45) is 4.05. The number of halogens is 2. The zero-order valence-corrected chi connectivity index (χ0v) is 20.2. The molecule has 36 heavy (non-hydrogen) atoms. The molecule has 2 fully saturated rings. The van der Waals surface area contributed by atoms with E-state index in [0.717, 1.165) is 6.42 Å². The fourth-order valence-electron chi connectivity index (χ4n) is 4.19. The first-order valence-electron chi connectivity index (χ1n) is 11.7. The Hall–Kier alpha value is -3.50. The standard InChI is InChI=1S/C25H25ClFN5O4/c1-2-21(33)32-9-7-16(11-32)36-20-6-4-18-24(31-20)25(29-14-28-18)30-17-3-5-19(22(26)23(17)27)35-13-15-8-10-34-12-15/h2-6,14-16H,1,7-13H2,(H,28,29,30)/t15-,16+/m1/s1. The van der Waals surface area contributed by atoms with Crippen LogP contribution >= 0.6 is 11.6 Å². The molecule has 0 spiro atoms. The average Bonchev–Trinajstić information content (AvgIpc) is 3.59. The molecule has 2 aliphatic rings. The van der Waals surface area contributed by atoms with Crippen LogP contribution in [0.15, 0.2) is 43.2 Å². The lowest BCUT2D eigenvalue weighted by atomic mass is 10.1. The first kappa shape index (κ1) is 24.2. The van der Waals surface area contributed by atoms with E-state index in [1.165, 1.54) is 12.4 Å². The number of anilines is 2. The zero-order valence-electron chi connectivity index (χ0n) is 19.5. The molecule has 9 nitrogen and oxygen atoms in total. The molecule has 0 unspecified atom stereocenters. The Balaban J connectivity index is 1.32. The molecule has 0 saturated carbocycles. The summed E-state index contributed by atoms with van der Waals surface area (Å²) in [5, 5.41) is 2.85. The normalized spacial score (nSPS) is 19.4. The maximum Gasteiger partial charge on any atom is 0.246 e. The summed E-state index contributed by atoms with van der Waals surface area (Å²) >= 11 is 6.26. The molecule has 1 amide bonds. The molecule has 2 atom stereocenters. The quantitative estimate of drug-likeness (QED) is 0.449. The van der Waals surface area contributed by atoms with Gasteiger partial charge in [0.25, 0.3) is 0 Å². The van der Waals surface area contributed by atoms with Crippen molar-refractivity contribution >= 4 is 40.0 Å². The molecule has 2 aliphatic heterocycles. The Morgan fingerprint density at radius 2 is 2.19 bits per heavy atom. The summed E-state index contributed by atoms with van der Waals surface area (Å²) in [5.41, 5.74) is 1.09. The maximum absolute atomic E-state index is 15.1. The summed E-state index contributed by atoms with van der Waals surface area (Å²) < 4.78 is 32.2. The van der Waals surface area contributed by atoms with Crippen LogP contribution in [0.4, 0.5) is 15.9 Å². The molecule has 0 bridgehead atoms. The van der Waals surface area contributed by atoms with E-state index in [1.54, 1.807) is 29.2 Å². The second-order valence-corrected chi connectivity index (χ2v) is 9.04. The number of hydrogen-bond donors (Lipinski definition) is 1. The number of fused-ring (bicyclic) bond motifs is 1. The van der Waals surface area contributed by atoms with Crippen molar-refractivity contribution < 1.29 is 23.4 Å². The molecule has 1 aromatic carbocycles. The minimum Gasteiger partial charge on any atom is -0.492 e. The van der Waals surface area contributed by atoms with E-state index in [-0.39, 0.29) is 34.4 Å². The minimum absolute atomic E-state index is 0.117. The van der Waals surface area contributed by atoms with Crippen molar-refractivity contribution in [3.05, 3.63) is 54.1 Å². The van der Waals surface area contributed by atoms with Gasteiger partial charge in [-0.1, -0.05) is 18.2 Å². The van der Waals surface area contributed by atoms with Crippen molar-refractivity contribution in [3.8, 4) is 11.6 Å². The highest BCUT2D eigenvalue weighted by atomic mass is 35.5. The van der Waals surface area contributed by atoms with E-state index in [0.29, 0.717) is 62.1 Å². The van der Waals surface area contributed by atoms with Crippen LogP contribution in [-0.2, 0) is 9.53 Å². The molecule has 3 aromatic rings. The van der Waals surface area contributed by atoms with Gasteiger partial charge in [-0.3, -0.25) is 4.79 Å². The summed E-state index contributed by atoms with van der Waals surface area (Å²) in [6, 6.07) is 6.61. The highest BCUT2D eigenvalue weighted by Gasteiger charge is 2.27. The fourth-order valence-corrected chi connectivity index (χ4v) is 4.41. The number of likely N-dealkylation sites (tertiary alicyclic amines) is 1. The van der Waals surface area contributed by atoms with Gasteiger partial charge in [0, 0.05) is 31.6 Å². The number of pyridine rings is 1. The molecule has 2 aromatic heterocycles. The maximum atomic E-state index is 15.1. The third kappa shape index (κ3) is 5.19. The SMILES string of the molecule is C=CC(=O)N1CC[C@H](Oc2ccc3ncnc(Nc4ccc(OC[C@@H]5CCOC5)c(Cl)c4F)c3n2)C1. The van der Waals surface area contributed by atoms with Gasteiger partial charge in [-0.2, -0.15) is 0 Å². The highest BCUT2D eigenvalue weighted by molar-refractivity contribution is 6.32. The van der Waals surface area contributed by atoms with Gasteiger partial charge in [0.05, 0.1) is 31.0 Å². The highest BCUT2D eigenvalue weighted by Crippen LogP contribution is 2.35. The Kier molecular flexibility index (Phi) is 7.15. The van der Waals surface area contributed by atoms with E-state index in [1.807, 2.05) is 0 Å². The summed E-state index contributed by atoms with van der Waals surface area (Å²) in [6.45, 7) is 6.32. The number of benzene rings is 1. The van der Waals surface area contributed by atoms with Gasteiger partial charge in [0.2, 0.25) is 11.8 Å². The van der Waals surface area contributed by atoms with Crippen LogP contribution in [0.25, 0.3) is 11.0 Å². The van der Waals surface area contributed by atoms with Crippen LogP contribution in [0.5, 0.6) is 11.6 Å². The number of carbonyl (C=O) groups excluding carboxylic acids is 1. The predicted molar refractivity (Wildman–Crippen MR) is 132 cm³/mol. The molecule has 4 heterocycles. The molecule has 188 valence electrons. The minimum atomic E-state index is -0.658. The lowest BCUT2D eigenvalue weighted by molar-refractivity contribution is -0.125. The Labute approximate surface area is 212 Å². The van der Waals surface area contributed by atoms with E-state index in [9.17, 15) is 4.79 Å². The molecule has 0 aliphatic carbocycles. The molecular formula is C25H25ClFN5O4. The number of aromatic nitrogens is 3. The van der Waals surface area contributed by atoms with Crippen LogP contribution in [0.3, 0.4) is 0 Å². The number of nitrogens with one attached hydrogen (secondary N) is 1. The number of hydrogen-bond acceptors (Lipinski definition) is 8. The average molecular weight is 514 g/mol. The van der Waals surface area contributed by atoms with Crippen molar-refractivity contribution in [2.75, 3.05) is 38.2 Å². The third-order valence-corrected chi connectivity index (χ3v) is 6.53. The van der Waals surface area contributed by atoms with E-state index >= 15 is 4.39 Å². The van der Waals surface area contributed by atoms with Crippen LogP contribution < -0.4 is 14.8 Å². The Morgan fingerprint density at radius 3 is 3.00 bits per heavy atom. The summed E-state index contributed by atoms with van der Waals surface area (Å²) in [7, 11) is 0. The molecule has 1 N–H and O–H groups in total. The van der Waals surface area contributed by atoms with E-state index < -0.39 is 5.82 Å². The smallest absolute Gasteiger partial charge is 0.246 e. The Morgan fingerprint density at radius 1 is 1.31 bits per heavy atom. The van der Waals surface area contributed by atoms with Crippen LogP contribution in [0.2, 0.25) is 5.02 Å². The van der Waals surface area contributed by atoms with Gasteiger partial charge in [0.15, 0.2) is 11.6 Å². The number of carbonyl (C=O) groups is 1. The van der Waals surface area contributed by atoms with Gasteiger partial charge in [-0.25, -0.2) is 19.3 Å². The van der Waals surface area contributed by atoms with Crippen molar-refractivity contribution in [3.63, 3.8) is 0 Å². The third-order valence-electron chi connectivity index (χ3n) is 6.17. The summed E-state index contributed by atoms with van der Waals surface area (Å²) in [5.74, 6) is 0.412. The Bertz CT molecular complexity index is 1290. The topological polar surface area (TPSA) is 98.7 Å². The molecule has 2 saturated heterocycles. The molecular weight excluding hydrogens is 489 g/mol. The first-order chi connectivity index (χ1) is 17.5. The van der Waals surface area contributed by atoms with Crippen LogP contribution in [-0.4, -0.2) is 64.8 Å². The van der Waals surface area contributed by atoms with Crippen molar-refractivity contribution in [1.29, 1.82) is 0 Å². The lowest BCUT2D eigenvalue weighted by Gasteiger charge is -2.16. The number of rotatable bonds is 8. The van der Waals surface area contributed by atoms with E-state index in [4.69, 9.17) is 25.8 Å². The lowest BCUT2D eigenvalue weighted by Crippen LogP contribution is -2.29. The number of ether oxygens (including phenoxy) is 3.